The van der Waals surface area contributed by atoms with E-state index in [9.17, 15) is 24.0 Å². The average Bonchev–Trinajstić information content (AvgIpc) is 3.01. The van der Waals surface area contributed by atoms with Gasteiger partial charge in [-0.1, -0.05) is 59.3 Å². The zero-order valence-corrected chi connectivity index (χ0v) is 32.4. The Balaban J connectivity index is 0. The summed E-state index contributed by atoms with van der Waals surface area (Å²) >= 11 is 2.03. The predicted octanol–water partition coefficient (Wildman–Crippen LogP) is 6.36. The molecule has 0 aliphatic heterocycles. The highest BCUT2D eigenvalue weighted by Crippen LogP contribution is 2.20. The number of ether oxygens (including phenoxy) is 3. The van der Waals surface area contributed by atoms with Crippen molar-refractivity contribution in [2.45, 2.75) is 143 Å². The lowest BCUT2D eigenvalue weighted by molar-refractivity contribution is -0.191. The van der Waals surface area contributed by atoms with Gasteiger partial charge in [0.2, 0.25) is 5.91 Å². The van der Waals surface area contributed by atoms with E-state index >= 15 is 0 Å². The number of thioether (sulfide) groups is 1. The molecule has 1 atom stereocenters. The Morgan fingerprint density at radius 1 is 0.720 bits per heavy atom. The highest BCUT2D eigenvalue weighted by atomic mass is 32.2. The van der Waals surface area contributed by atoms with Gasteiger partial charge in [0.15, 0.2) is 5.78 Å². The number of carbonyl (C=O) groups is 5. The van der Waals surface area contributed by atoms with Gasteiger partial charge < -0.3 is 24.6 Å². The molecule has 12 nitrogen and oxygen atoms in total. The van der Waals surface area contributed by atoms with Crippen LogP contribution in [0.3, 0.4) is 0 Å². The summed E-state index contributed by atoms with van der Waals surface area (Å²) in [6.45, 7) is 12.1. The van der Waals surface area contributed by atoms with Crippen LogP contribution in [-0.4, -0.2) is 90.7 Å². The molecule has 0 aromatic carbocycles. The summed E-state index contributed by atoms with van der Waals surface area (Å²) in [5, 5.41) is 11.8. The number of esters is 1. The van der Waals surface area contributed by atoms with E-state index in [4.69, 9.17) is 28.9 Å². The Morgan fingerprint density at radius 2 is 1.24 bits per heavy atom. The lowest BCUT2D eigenvalue weighted by Gasteiger charge is -2.23. The normalized spacial score (nSPS) is 11.9. The minimum absolute atomic E-state index is 0.0224. The van der Waals surface area contributed by atoms with Gasteiger partial charge in [-0.05, 0) is 64.4 Å². The monoisotopic (exact) mass is 731 g/mol. The number of carbonyl (C=O) groups excluding carboxylic acids is 6. The van der Waals surface area contributed by atoms with E-state index in [2.05, 4.69) is 5.32 Å². The van der Waals surface area contributed by atoms with Crippen LogP contribution in [0.4, 0.5) is 0 Å². The van der Waals surface area contributed by atoms with Crippen LogP contribution in [0.25, 0.3) is 0 Å². The second kappa shape index (κ2) is 31.2. The van der Waals surface area contributed by atoms with Crippen molar-refractivity contribution in [3.8, 4) is 0 Å². The number of unbranched alkanes of at least 4 members (excludes halogenated alkanes) is 8. The summed E-state index contributed by atoms with van der Waals surface area (Å²) in [6.07, 6.45) is 12.6. The largest absolute Gasteiger partial charge is 0.481 e. The van der Waals surface area contributed by atoms with E-state index in [1.54, 1.807) is 20.8 Å². The molecule has 1 unspecified atom stereocenters. The van der Waals surface area contributed by atoms with Crippen LogP contribution in [-0.2, 0) is 47.8 Å². The zero-order valence-electron chi connectivity index (χ0n) is 31.6. The van der Waals surface area contributed by atoms with E-state index < -0.39 is 23.5 Å². The summed E-state index contributed by atoms with van der Waals surface area (Å²) in [5.41, 5.74) is -0.934. The van der Waals surface area contributed by atoms with Crippen LogP contribution in [0.1, 0.15) is 138 Å². The molecule has 0 aliphatic rings. The number of aliphatic carboxylic acids is 1. The predicted molar refractivity (Wildman–Crippen MR) is 193 cm³/mol. The van der Waals surface area contributed by atoms with E-state index in [1.165, 1.54) is 43.6 Å². The number of hydrogen-bond acceptors (Lipinski definition) is 11. The van der Waals surface area contributed by atoms with Crippen molar-refractivity contribution in [3.05, 3.63) is 0 Å². The molecule has 0 fully saturated rings. The molecule has 0 spiro atoms. The van der Waals surface area contributed by atoms with Gasteiger partial charge in [0.05, 0.1) is 25.7 Å². The first-order valence-electron chi connectivity index (χ1n) is 18.0. The SMILES string of the molecule is CC(C)(C)OC(=O)C(CCC(=O)O)CC(=O)COCCOCCNC(=O)CCCCCCCSCCCCCCCC(=O)C(C)(C)C.O=C=O. The Hall–Kier alpha value is -2.60. The van der Waals surface area contributed by atoms with E-state index in [1.807, 2.05) is 32.5 Å². The minimum Gasteiger partial charge on any atom is -0.481 e. The molecule has 290 valence electrons. The molecule has 0 radical (unpaired) electrons. The van der Waals surface area contributed by atoms with Gasteiger partial charge in [0.1, 0.15) is 18.0 Å². The summed E-state index contributed by atoms with van der Waals surface area (Å²) in [4.78, 5) is 75.8. The fourth-order valence-corrected chi connectivity index (χ4v) is 5.61. The first-order chi connectivity index (χ1) is 23.5. The summed E-state index contributed by atoms with van der Waals surface area (Å²) < 4.78 is 16.1. The van der Waals surface area contributed by atoms with Crippen LogP contribution < -0.4 is 5.32 Å². The second-order valence-electron chi connectivity index (χ2n) is 14.3. The van der Waals surface area contributed by atoms with Gasteiger partial charge in [-0.15, -0.1) is 0 Å². The molecule has 1 amide bonds. The highest BCUT2D eigenvalue weighted by molar-refractivity contribution is 7.99. The van der Waals surface area contributed by atoms with E-state index in [0.717, 1.165) is 32.1 Å². The van der Waals surface area contributed by atoms with Gasteiger partial charge in [-0.3, -0.25) is 24.0 Å². The molecule has 0 saturated carbocycles. The molecular weight excluding hydrogens is 666 g/mol. The molecule has 0 aromatic heterocycles. The number of amides is 1. The molecular formula is C37H65NO11S. The second-order valence-corrected chi connectivity index (χ2v) is 15.5. The van der Waals surface area contributed by atoms with Crippen LogP contribution in [0.5, 0.6) is 0 Å². The lowest BCUT2D eigenvalue weighted by atomic mass is 9.88. The molecule has 13 heteroatoms. The first kappa shape index (κ1) is 49.5. The summed E-state index contributed by atoms with van der Waals surface area (Å²) in [7, 11) is 0. The van der Waals surface area contributed by atoms with Crippen molar-refractivity contribution in [2.75, 3.05) is 44.5 Å². The van der Waals surface area contributed by atoms with Crippen molar-refractivity contribution in [1.29, 1.82) is 0 Å². The third-order valence-corrected chi connectivity index (χ3v) is 8.50. The Kier molecular flexibility index (Phi) is 30.9. The Labute approximate surface area is 304 Å². The molecule has 0 heterocycles. The highest BCUT2D eigenvalue weighted by Gasteiger charge is 2.28. The average molecular weight is 732 g/mol. The van der Waals surface area contributed by atoms with Crippen molar-refractivity contribution >= 4 is 47.3 Å². The summed E-state index contributed by atoms with van der Waals surface area (Å²) in [6, 6.07) is 0. The molecule has 0 saturated heterocycles. The maximum atomic E-state index is 12.4. The molecule has 0 aromatic rings. The molecule has 0 rings (SSSR count). The van der Waals surface area contributed by atoms with Crippen molar-refractivity contribution < 1.29 is 52.9 Å². The number of hydrogen-bond donors (Lipinski definition) is 2. The first-order valence-corrected chi connectivity index (χ1v) is 19.2. The van der Waals surface area contributed by atoms with Crippen LogP contribution in [0.15, 0.2) is 0 Å². The van der Waals surface area contributed by atoms with Gasteiger partial charge in [0, 0.05) is 37.6 Å². The van der Waals surface area contributed by atoms with Crippen molar-refractivity contribution in [2.24, 2.45) is 11.3 Å². The number of nitrogens with one attached hydrogen (secondary N) is 1. The van der Waals surface area contributed by atoms with Gasteiger partial charge in [-0.25, -0.2) is 0 Å². The summed E-state index contributed by atoms with van der Waals surface area (Å²) in [5.74, 6) is 0.0505. The number of carboxylic acids is 1. The van der Waals surface area contributed by atoms with Crippen molar-refractivity contribution in [1.82, 2.24) is 5.32 Å². The topological polar surface area (TPSA) is 179 Å². The van der Waals surface area contributed by atoms with Gasteiger partial charge in [-0.2, -0.15) is 21.4 Å². The van der Waals surface area contributed by atoms with E-state index in [-0.39, 0.29) is 62.3 Å². The van der Waals surface area contributed by atoms with Gasteiger partial charge >= 0.3 is 18.1 Å². The smallest absolute Gasteiger partial charge is 0.373 e. The Morgan fingerprint density at radius 3 is 1.78 bits per heavy atom. The molecule has 0 aliphatic carbocycles. The lowest BCUT2D eigenvalue weighted by Crippen LogP contribution is -2.31. The zero-order chi connectivity index (χ0) is 38.3. The fourth-order valence-electron chi connectivity index (χ4n) is 4.59. The fraction of sp³-hybridized carbons (Fsp3) is 0.838. The standard InChI is InChI=1S/C36H65NO9S.CO2/c1-35(2,3)31(39)17-13-9-7-11-15-25-47-26-16-12-8-10-14-18-32(40)37-21-22-44-23-24-45-28-30(38)27-29(19-20-33(41)42)34(43)46-36(4,5)6;2-1-3/h29H,7-28H2,1-6H3,(H,37,40)(H,41,42);. The number of carboxylic acid groups (broad SMARTS) is 1. The molecule has 50 heavy (non-hydrogen) atoms. The quantitative estimate of drug-likeness (QED) is 0.0617. The number of rotatable bonds is 30. The van der Waals surface area contributed by atoms with E-state index in [0.29, 0.717) is 31.8 Å². The van der Waals surface area contributed by atoms with Crippen LogP contribution >= 0.6 is 11.8 Å². The number of ketones is 2. The Bertz CT molecular complexity index is 983. The molecule has 0 bridgehead atoms. The maximum absolute atomic E-state index is 12.4. The van der Waals surface area contributed by atoms with Gasteiger partial charge in [0.25, 0.3) is 0 Å². The number of Topliss-reactive ketones (excluding diaryl/α,β-unsaturated/α-hetero) is 2. The van der Waals surface area contributed by atoms with Crippen molar-refractivity contribution in [3.63, 3.8) is 0 Å². The maximum Gasteiger partial charge on any atom is 0.373 e. The third-order valence-electron chi connectivity index (χ3n) is 7.35. The van der Waals surface area contributed by atoms with Crippen LogP contribution in [0, 0.1) is 11.3 Å². The molecule has 2 N–H and O–H groups in total. The minimum atomic E-state index is -1.04. The van der Waals surface area contributed by atoms with Crippen LogP contribution in [0.2, 0.25) is 0 Å². The third kappa shape index (κ3) is 35.2.